The third kappa shape index (κ3) is 2.30. The normalized spacial score (nSPS) is 10.5. The fourth-order valence-corrected chi connectivity index (χ4v) is 1.68. The summed E-state index contributed by atoms with van der Waals surface area (Å²) in [5.41, 5.74) is 2.04. The van der Waals surface area contributed by atoms with E-state index in [0.29, 0.717) is 24.5 Å². The molecule has 3 nitrogen and oxygen atoms in total. The number of fused-ring (bicyclic) bond motifs is 1. The van der Waals surface area contributed by atoms with Crippen molar-refractivity contribution < 1.29 is 9.53 Å². The van der Waals surface area contributed by atoms with E-state index in [0.717, 1.165) is 16.6 Å². The number of nitrogens with one attached hydrogen (secondary N) is 1. The van der Waals surface area contributed by atoms with Gasteiger partial charge in [0, 0.05) is 22.7 Å². The maximum Gasteiger partial charge on any atom is 0.293 e. The number of ether oxygens (including phenoxy) is 1. The summed E-state index contributed by atoms with van der Waals surface area (Å²) in [5, 5.41) is 1.82. The highest BCUT2D eigenvalue weighted by atomic mass is 35.5. The standard InChI is InChI=1S/C11H10ClNO2/c12-9-2-1-8-5-10(3-4-15-7-14)13-11(8)6-9/h1-2,5-7,13H,3-4H2. The smallest absolute Gasteiger partial charge is 0.293 e. The number of aromatic nitrogens is 1. The molecule has 0 saturated heterocycles. The molecule has 1 aromatic carbocycles. The van der Waals surface area contributed by atoms with Gasteiger partial charge in [0.2, 0.25) is 0 Å². The van der Waals surface area contributed by atoms with Crippen molar-refractivity contribution in [2.24, 2.45) is 0 Å². The van der Waals surface area contributed by atoms with Gasteiger partial charge in [-0.3, -0.25) is 4.79 Å². The fourth-order valence-electron chi connectivity index (χ4n) is 1.51. The summed E-state index contributed by atoms with van der Waals surface area (Å²) in [5.74, 6) is 0. The molecule has 15 heavy (non-hydrogen) atoms. The van der Waals surface area contributed by atoms with Crippen LogP contribution >= 0.6 is 11.6 Å². The Labute approximate surface area is 92.0 Å². The number of aromatic amines is 1. The lowest BCUT2D eigenvalue weighted by molar-refractivity contribution is -0.128. The Hall–Kier alpha value is -1.48. The average molecular weight is 224 g/mol. The van der Waals surface area contributed by atoms with E-state index in [2.05, 4.69) is 9.72 Å². The quantitative estimate of drug-likeness (QED) is 0.639. The van der Waals surface area contributed by atoms with Crippen LogP contribution in [-0.4, -0.2) is 18.1 Å². The van der Waals surface area contributed by atoms with Gasteiger partial charge in [-0.2, -0.15) is 0 Å². The van der Waals surface area contributed by atoms with Crippen LogP contribution in [0.4, 0.5) is 0 Å². The summed E-state index contributed by atoms with van der Waals surface area (Å²) in [6, 6.07) is 7.71. The lowest BCUT2D eigenvalue weighted by Gasteiger charge is -1.94. The minimum Gasteiger partial charge on any atom is -0.467 e. The molecule has 0 aliphatic carbocycles. The van der Waals surface area contributed by atoms with Crippen molar-refractivity contribution in [3.8, 4) is 0 Å². The molecule has 0 spiro atoms. The number of hydrogen-bond acceptors (Lipinski definition) is 2. The molecule has 2 aromatic rings. The zero-order chi connectivity index (χ0) is 10.7. The summed E-state index contributed by atoms with van der Waals surface area (Å²) >= 11 is 5.86. The lowest BCUT2D eigenvalue weighted by Crippen LogP contribution is -1.96. The van der Waals surface area contributed by atoms with E-state index < -0.39 is 0 Å². The highest BCUT2D eigenvalue weighted by Gasteiger charge is 2.01. The van der Waals surface area contributed by atoms with Crippen molar-refractivity contribution in [2.45, 2.75) is 6.42 Å². The number of hydrogen-bond donors (Lipinski definition) is 1. The summed E-state index contributed by atoms with van der Waals surface area (Å²) in [6.45, 7) is 0.851. The van der Waals surface area contributed by atoms with E-state index >= 15 is 0 Å². The summed E-state index contributed by atoms with van der Waals surface area (Å²) < 4.78 is 4.63. The molecule has 0 saturated carbocycles. The minimum atomic E-state index is 0.393. The monoisotopic (exact) mass is 223 g/mol. The zero-order valence-corrected chi connectivity index (χ0v) is 8.75. The van der Waals surface area contributed by atoms with E-state index in [1.54, 1.807) is 0 Å². The Bertz CT molecular complexity index is 478. The third-order valence-corrected chi connectivity index (χ3v) is 2.43. The Morgan fingerprint density at radius 2 is 2.27 bits per heavy atom. The van der Waals surface area contributed by atoms with Gasteiger partial charge in [-0.05, 0) is 23.6 Å². The molecule has 2 rings (SSSR count). The van der Waals surface area contributed by atoms with Crippen molar-refractivity contribution in [3.63, 3.8) is 0 Å². The molecule has 0 amide bonds. The molecule has 0 atom stereocenters. The van der Waals surface area contributed by atoms with Crippen LogP contribution < -0.4 is 0 Å². The summed E-state index contributed by atoms with van der Waals surface area (Å²) in [4.78, 5) is 13.2. The van der Waals surface area contributed by atoms with Crippen LogP contribution in [0.15, 0.2) is 24.3 Å². The van der Waals surface area contributed by atoms with Crippen LogP contribution in [-0.2, 0) is 16.0 Å². The predicted molar refractivity (Wildman–Crippen MR) is 59.0 cm³/mol. The van der Waals surface area contributed by atoms with Gasteiger partial charge in [-0.15, -0.1) is 0 Å². The van der Waals surface area contributed by atoms with Gasteiger partial charge in [-0.25, -0.2) is 0 Å². The van der Waals surface area contributed by atoms with Crippen LogP contribution in [0.2, 0.25) is 5.02 Å². The van der Waals surface area contributed by atoms with E-state index in [1.165, 1.54) is 0 Å². The first-order chi connectivity index (χ1) is 7.29. The zero-order valence-electron chi connectivity index (χ0n) is 8.00. The SMILES string of the molecule is O=COCCc1cc2ccc(Cl)cc2[nH]1. The molecule has 0 aliphatic heterocycles. The molecular weight excluding hydrogens is 214 g/mol. The van der Waals surface area contributed by atoms with Crippen molar-refractivity contribution >= 4 is 29.0 Å². The number of rotatable bonds is 4. The van der Waals surface area contributed by atoms with Crippen LogP contribution in [0.3, 0.4) is 0 Å². The van der Waals surface area contributed by atoms with Crippen molar-refractivity contribution in [3.05, 3.63) is 35.0 Å². The van der Waals surface area contributed by atoms with E-state index in [-0.39, 0.29) is 0 Å². The minimum absolute atomic E-state index is 0.393. The molecule has 1 aromatic heterocycles. The largest absolute Gasteiger partial charge is 0.467 e. The fraction of sp³-hybridized carbons (Fsp3) is 0.182. The molecule has 78 valence electrons. The number of carbonyl (C=O) groups excluding carboxylic acids is 1. The van der Waals surface area contributed by atoms with Crippen LogP contribution in [0.1, 0.15) is 5.69 Å². The summed E-state index contributed by atoms with van der Waals surface area (Å²) in [6.07, 6.45) is 0.686. The summed E-state index contributed by atoms with van der Waals surface area (Å²) in [7, 11) is 0. The Balaban J connectivity index is 2.19. The second kappa shape index (κ2) is 4.36. The highest BCUT2D eigenvalue weighted by molar-refractivity contribution is 6.31. The van der Waals surface area contributed by atoms with Crippen LogP contribution in [0.5, 0.6) is 0 Å². The van der Waals surface area contributed by atoms with Gasteiger partial charge in [0.05, 0.1) is 6.61 Å². The van der Waals surface area contributed by atoms with Gasteiger partial charge < -0.3 is 9.72 Å². The lowest BCUT2D eigenvalue weighted by atomic mass is 10.2. The van der Waals surface area contributed by atoms with Crippen LogP contribution in [0, 0.1) is 0 Å². The van der Waals surface area contributed by atoms with Gasteiger partial charge >= 0.3 is 0 Å². The molecular formula is C11H10ClNO2. The maximum atomic E-state index is 9.96. The topological polar surface area (TPSA) is 42.1 Å². The van der Waals surface area contributed by atoms with E-state index in [9.17, 15) is 4.79 Å². The van der Waals surface area contributed by atoms with E-state index in [1.807, 2.05) is 24.3 Å². The van der Waals surface area contributed by atoms with Gasteiger partial charge in [-0.1, -0.05) is 17.7 Å². The molecule has 0 radical (unpaired) electrons. The molecule has 4 heteroatoms. The number of halogens is 1. The predicted octanol–water partition coefficient (Wildman–Crippen LogP) is 2.54. The average Bonchev–Trinajstić information content (AvgIpc) is 2.60. The molecule has 1 heterocycles. The molecule has 1 N–H and O–H groups in total. The second-order valence-electron chi connectivity index (χ2n) is 3.24. The number of carbonyl (C=O) groups is 1. The maximum absolute atomic E-state index is 9.96. The number of H-pyrrole nitrogens is 1. The second-order valence-corrected chi connectivity index (χ2v) is 3.68. The van der Waals surface area contributed by atoms with Crippen molar-refractivity contribution in [1.82, 2.24) is 4.98 Å². The van der Waals surface area contributed by atoms with Crippen LogP contribution in [0.25, 0.3) is 10.9 Å². The highest BCUT2D eigenvalue weighted by Crippen LogP contribution is 2.19. The molecule has 0 aliphatic rings. The first-order valence-corrected chi connectivity index (χ1v) is 5.00. The van der Waals surface area contributed by atoms with Gasteiger partial charge in [0.25, 0.3) is 6.47 Å². The van der Waals surface area contributed by atoms with Crippen molar-refractivity contribution in [1.29, 1.82) is 0 Å². The van der Waals surface area contributed by atoms with E-state index in [4.69, 9.17) is 11.6 Å². The first kappa shape index (κ1) is 10.1. The van der Waals surface area contributed by atoms with Gasteiger partial charge in [0.15, 0.2) is 0 Å². The third-order valence-electron chi connectivity index (χ3n) is 2.20. The first-order valence-electron chi connectivity index (χ1n) is 4.62. The van der Waals surface area contributed by atoms with Gasteiger partial charge in [0.1, 0.15) is 0 Å². The Kier molecular flexibility index (Phi) is 2.92. The van der Waals surface area contributed by atoms with Crippen molar-refractivity contribution in [2.75, 3.05) is 6.61 Å². The molecule has 0 bridgehead atoms. The Morgan fingerprint density at radius 3 is 3.07 bits per heavy atom. The Morgan fingerprint density at radius 1 is 1.40 bits per heavy atom. The molecule has 0 fully saturated rings. The molecule has 0 unspecified atom stereocenters. The number of benzene rings is 1.